The van der Waals surface area contributed by atoms with Gasteiger partial charge < -0.3 is 11.5 Å². The highest BCUT2D eigenvalue weighted by Crippen LogP contribution is 2.44. The van der Waals surface area contributed by atoms with Crippen LogP contribution in [0.3, 0.4) is 0 Å². The Kier molecular flexibility index (Phi) is 5.94. The minimum Gasteiger partial charge on any atom is -0.330 e. The molecular formula is C16H28N2. The predicted molar refractivity (Wildman–Crippen MR) is 79.7 cm³/mol. The molecule has 0 fully saturated rings. The minimum absolute atomic E-state index is 0.105. The Balaban J connectivity index is 4.85. The number of rotatable bonds is 4. The van der Waals surface area contributed by atoms with Gasteiger partial charge in [-0.3, -0.25) is 0 Å². The van der Waals surface area contributed by atoms with E-state index in [1.807, 2.05) is 13.8 Å². The van der Waals surface area contributed by atoms with E-state index in [1.54, 1.807) is 0 Å². The van der Waals surface area contributed by atoms with Crippen molar-refractivity contribution in [2.75, 3.05) is 6.54 Å². The summed E-state index contributed by atoms with van der Waals surface area (Å²) in [6.07, 6.45) is 1.75. The molecule has 0 aliphatic rings. The van der Waals surface area contributed by atoms with E-state index in [1.165, 1.54) is 0 Å². The average Bonchev–Trinajstić information content (AvgIpc) is 2.21. The lowest BCUT2D eigenvalue weighted by atomic mass is 9.59. The highest BCUT2D eigenvalue weighted by atomic mass is 14.8. The maximum Gasteiger partial charge on any atom is 0.0336 e. The van der Waals surface area contributed by atoms with Crippen molar-refractivity contribution in [2.45, 2.75) is 59.9 Å². The third kappa shape index (κ3) is 4.37. The molecule has 0 atom stereocenters. The van der Waals surface area contributed by atoms with Gasteiger partial charge in [0.1, 0.15) is 0 Å². The van der Waals surface area contributed by atoms with E-state index in [-0.39, 0.29) is 16.4 Å². The Morgan fingerprint density at radius 2 is 1.50 bits per heavy atom. The first-order valence-corrected chi connectivity index (χ1v) is 6.55. The maximum atomic E-state index is 6.25. The quantitative estimate of drug-likeness (QED) is 0.593. The van der Waals surface area contributed by atoms with Gasteiger partial charge in [0.2, 0.25) is 0 Å². The van der Waals surface area contributed by atoms with E-state index in [2.05, 4.69) is 51.4 Å². The summed E-state index contributed by atoms with van der Waals surface area (Å²) in [5.41, 5.74) is 11.1. The van der Waals surface area contributed by atoms with Crippen LogP contribution in [-0.4, -0.2) is 12.1 Å². The Morgan fingerprint density at radius 3 is 1.94 bits per heavy atom. The molecule has 0 heterocycles. The summed E-state index contributed by atoms with van der Waals surface area (Å²) in [5.74, 6) is 12.1. The van der Waals surface area contributed by atoms with Crippen LogP contribution in [0, 0.1) is 34.5 Å². The van der Waals surface area contributed by atoms with Crippen LogP contribution in [0.2, 0.25) is 0 Å². The van der Waals surface area contributed by atoms with Gasteiger partial charge in [-0.15, -0.1) is 0 Å². The van der Waals surface area contributed by atoms with Crippen molar-refractivity contribution in [3.63, 3.8) is 0 Å². The van der Waals surface area contributed by atoms with Crippen LogP contribution in [-0.2, 0) is 0 Å². The van der Waals surface area contributed by atoms with Crippen molar-refractivity contribution in [2.24, 2.45) is 22.3 Å². The van der Waals surface area contributed by atoms with Crippen LogP contribution in [0.25, 0.3) is 0 Å². The standard InChI is InChI=1S/C16H28N2/c1-14(2,15(3,4)16(5,6)18)12-10-8-7-9-11-13-17/h9,11,13,17-18H2,1-6H3. The third-order valence-electron chi connectivity index (χ3n) is 4.21. The number of unbranched alkanes of at least 4 members (excludes halogenated alkanes) is 1. The van der Waals surface area contributed by atoms with E-state index in [4.69, 9.17) is 11.5 Å². The molecule has 18 heavy (non-hydrogen) atoms. The van der Waals surface area contributed by atoms with E-state index in [0.29, 0.717) is 6.54 Å². The topological polar surface area (TPSA) is 52.0 Å². The van der Waals surface area contributed by atoms with Gasteiger partial charge >= 0.3 is 0 Å². The molecule has 102 valence electrons. The first kappa shape index (κ1) is 17.0. The summed E-state index contributed by atoms with van der Waals surface area (Å²) in [5, 5.41) is 0. The summed E-state index contributed by atoms with van der Waals surface area (Å²) in [6.45, 7) is 13.3. The Labute approximate surface area is 113 Å². The highest BCUT2D eigenvalue weighted by Gasteiger charge is 2.45. The molecule has 0 radical (unpaired) electrons. The van der Waals surface area contributed by atoms with Gasteiger partial charge in [0.15, 0.2) is 0 Å². The fourth-order valence-electron chi connectivity index (χ4n) is 1.45. The van der Waals surface area contributed by atoms with Crippen LogP contribution in [0.1, 0.15) is 54.4 Å². The monoisotopic (exact) mass is 248 g/mol. The summed E-state index contributed by atoms with van der Waals surface area (Å²) < 4.78 is 0. The van der Waals surface area contributed by atoms with E-state index < -0.39 is 0 Å². The summed E-state index contributed by atoms with van der Waals surface area (Å²) in [4.78, 5) is 0. The molecule has 4 N–H and O–H groups in total. The lowest BCUT2D eigenvalue weighted by Gasteiger charge is -2.47. The second-order valence-electron chi connectivity index (χ2n) is 6.42. The molecular weight excluding hydrogens is 220 g/mol. The molecule has 0 aromatic carbocycles. The van der Waals surface area contributed by atoms with Crippen molar-refractivity contribution < 1.29 is 0 Å². The molecule has 0 aliphatic carbocycles. The van der Waals surface area contributed by atoms with E-state index in [9.17, 15) is 0 Å². The molecule has 0 unspecified atom stereocenters. The van der Waals surface area contributed by atoms with Crippen molar-refractivity contribution in [3.8, 4) is 23.7 Å². The van der Waals surface area contributed by atoms with E-state index in [0.717, 1.165) is 12.8 Å². The van der Waals surface area contributed by atoms with Crippen molar-refractivity contribution in [3.05, 3.63) is 0 Å². The Hall–Kier alpha value is -0.960. The van der Waals surface area contributed by atoms with Crippen LogP contribution in [0.5, 0.6) is 0 Å². The average molecular weight is 248 g/mol. The fourth-order valence-corrected chi connectivity index (χ4v) is 1.45. The van der Waals surface area contributed by atoms with Gasteiger partial charge in [0.25, 0.3) is 0 Å². The molecule has 0 bridgehead atoms. The van der Waals surface area contributed by atoms with Crippen LogP contribution in [0.4, 0.5) is 0 Å². The van der Waals surface area contributed by atoms with Crippen molar-refractivity contribution >= 4 is 0 Å². The fraction of sp³-hybridized carbons (Fsp3) is 0.750. The molecule has 2 nitrogen and oxygen atoms in total. The SMILES string of the molecule is CC(C)(N)C(C)(C)C(C)(C)C#CC#CCCCN. The molecule has 0 saturated carbocycles. The zero-order valence-electron chi connectivity index (χ0n) is 12.8. The smallest absolute Gasteiger partial charge is 0.0336 e. The summed E-state index contributed by atoms with van der Waals surface area (Å²) >= 11 is 0. The number of hydrogen-bond donors (Lipinski definition) is 2. The molecule has 0 rings (SSSR count). The second kappa shape index (κ2) is 6.28. The van der Waals surface area contributed by atoms with Crippen molar-refractivity contribution in [1.29, 1.82) is 0 Å². The van der Waals surface area contributed by atoms with Gasteiger partial charge in [-0.1, -0.05) is 25.7 Å². The van der Waals surface area contributed by atoms with Gasteiger partial charge in [-0.25, -0.2) is 0 Å². The Morgan fingerprint density at radius 1 is 0.944 bits per heavy atom. The van der Waals surface area contributed by atoms with Crippen molar-refractivity contribution in [1.82, 2.24) is 0 Å². The number of nitrogens with two attached hydrogens (primary N) is 2. The van der Waals surface area contributed by atoms with Crippen LogP contribution >= 0.6 is 0 Å². The molecule has 0 spiro atoms. The third-order valence-corrected chi connectivity index (χ3v) is 4.21. The highest BCUT2D eigenvalue weighted by molar-refractivity contribution is 5.30. The molecule has 0 aromatic heterocycles. The second-order valence-corrected chi connectivity index (χ2v) is 6.42. The summed E-state index contributed by atoms with van der Waals surface area (Å²) in [7, 11) is 0. The van der Waals surface area contributed by atoms with Gasteiger partial charge in [0, 0.05) is 17.4 Å². The predicted octanol–water partition coefficient (Wildman–Crippen LogP) is 2.52. The van der Waals surface area contributed by atoms with Gasteiger partial charge in [-0.05, 0) is 57.9 Å². The van der Waals surface area contributed by atoms with Crippen LogP contribution < -0.4 is 11.5 Å². The zero-order valence-corrected chi connectivity index (χ0v) is 12.8. The number of hydrogen-bond acceptors (Lipinski definition) is 2. The largest absolute Gasteiger partial charge is 0.330 e. The van der Waals surface area contributed by atoms with Crippen LogP contribution in [0.15, 0.2) is 0 Å². The zero-order chi connectivity index (χ0) is 14.4. The molecule has 2 heteroatoms. The lowest BCUT2D eigenvalue weighted by molar-refractivity contribution is 0.0820. The molecule has 0 aromatic rings. The van der Waals surface area contributed by atoms with Gasteiger partial charge in [-0.2, -0.15) is 0 Å². The van der Waals surface area contributed by atoms with Gasteiger partial charge in [0.05, 0.1) is 0 Å². The minimum atomic E-state index is -0.293. The first-order valence-electron chi connectivity index (χ1n) is 6.55. The molecule has 0 amide bonds. The lowest BCUT2D eigenvalue weighted by Crippen LogP contribution is -2.54. The Bertz CT molecular complexity index is 375. The molecule has 0 saturated heterocycles. The maximum absolute atomic E-state index is 6.25. The summed E-state index contributed by atoms with van der Waals surface area (Å²) in [6, 6.07) is 0. The first-order chi connectivity index (χ1) is 8.06. The van der Waals surface area contributed by atoms with E-state index >= 15 is 0 Å². The molecule has 0 aliphatic heterocycles. The normalized spacial score (nSPS) is 12.2.